The quantitative estimate of drug-likeness (QED) is 0.774. The van der Waals surface area contributed by atoms with Gasteiger partial charge in [0, 0.05) is 43.1 Å². The smallest absolute Gasteiger partial charge is 0.250 e. The van der Waals surface area contributed by atoms with E-state index in [4.69, 9.17) is 23.1 Å². The van der Waals surface area contributed by atoms with Gasteiger partial charge in [0.05, 0.1) is 17.4 Å². The number of pyridine rings is 1. The van der Waals surface area contributed by atoms with Gasteiger partial charge in [0.1, 0.15) is 16.7 Å². The molecule has 150 valence electrons. The van der Waals surface area contributed by atoms with Gasteiger partial charge in [-0.3, -0.25) is 0 Å². The van der Waals surface area contributed by atoms with E-state index in [-0.39, 0.29) is 18.7 Å². The van der Waals surface area contributed by atoms with Crippen molar-refractivity contribution in [1.82, 2.24) is 15.0 Å². The first-order valence-electron chi connectivity index (χ1n) is 9.06. The van der Waals surface area contributed by atoms with E-state index in [1.165, 1.54) is 11.8 Å². The summed E-state index contributed by atoms with van der Waals surface area (Å²) in [6, 6.07) is 1.33. The zero-order valence-corrected chi connectivity index (χ0v) is 16.7. The molecule has 0 radical (unpaired) electrons. The molecule has 1 spiro atoms. The van der Waals surface area contributed by atoms with E-state index in [1.54, 1.807) is 24.7 Å². The summed E-state index contributed by atoms with van der Waals surface area (Å²) in [6.45, 7) is 1.30. The van der Waals surface area contributed by atoms with Crippen molar-refractivity contribution in [1.29, 1.82) is 0 Å². The van der Waals surface area contributed by atoms with Crippen LogP contribution in [0.25, 0.3) is 0 Å². The Balaban J connectivity index is 1.41. The van der Waals surface area contributed by atoms with Crippen LogP contribution >= 0.6 is 23.4 Å². The number of alkyl halides is 2. The Hall–Kier alpha value is -1.71. The molecule has 4 N–H and O–H groups in total. The van der Waals surface area contributed by atoms with Crippen molar-refractivity contribution >= 4 is 35.0 Å². The van der Waals surface area contributed by atoms with Gasteiger partial charge in [-0.2, -0.15) is 0 Å². The fraction of sp³-hybridized carbons (Fsp3) is 0.500. The van der Waals surface area contributed by atoms with Crippen LogP contribution in [0.1, 0.15) is 25.7 Å². The van der Waals surface area contributed by atoms with Gasteiger partial charge >= 0.3 is 0 Å². The molecule has 1 aliphatic carbocycles. The maximum Gasteiger partial charge on any atom is 0.250 e. The second-order valence-corrected chi connectivity index (χ2v) is 8.96. The minimum absolute atomic E-state index is 0.105. The predicted molar refractivity (Wildman–Crippen MR) is 106 cm³/mol. The second-order valence-electron chi connectivity index (χ2n) is 7.52. The lowest BCUT2D eigenvalue weighted by Gasteiger charge is -2.42. The maximum absolute atomic E-state index is 13.8. The van der Waals surface area contributed by atoms with Crippen LogP contribution < -0.4 is 16.4 Å². The number of nitrogens with two attached hydrogens (primary N) is 2. The molecule has 3 heterocycles. The van der Waals surface area contributed by atoms with Crippen LogP contribution in [0, 0.1) is 5.41 Å². The molecule has 2 aliphatic rings. The number of anilines is 2. The first-order chi connectivity index (χ1) is 13.3. The van der Waals surface area contributed by atoms with Crippen LogP contribution in [-0.4, -0.2) is 40.0 Å². The molecule has 0 unspecified atom stereocenters. The summed E-state index contributed by atoms with van der Waals surface area (Å²) < 4.78 is 27.6. The Bertz CT molecular complexity index is 858. The van der Waals surface area contributed by atoms with Crippen molar-refractivity contribution in [2.75, 3.05) is 23.7 Å². The topological polar surface area (TPSA) is 94.0 Å². The molecule has 2 aromatic rings. The van der Waals surface area contributed by atoms with Crippen molar-refractivity contribution < 1.29 is 8.78 Å². The molecule has 0 bridgehead atoms. The van der Waals surface area contributed by atoms with Gasteiger partial charge < -0.3 is 16.4 Å². The molecule has 1 aliphatic heterocycles. The molecule has 2 fully saturated rings. The van der Waals surface area contributed by atoms with Crippen molar-refractivity contribution in [2.45, 2.75) is 47.6 Å². The summed E-state index contributed by atoms with van der Waals surface area (Å²) in [5, 5.41) is 1.08. The summed E-state index contributed by atoms with van der Waals surface area (Å²) in [6.07, 6.45) is 5.94. The van der Waals surface area contributed by atoms with Gasteiger partial charge in [0.25, 0.3) is 0 Å². The average Bonchev–Trinajstić information content (AvgIpc) is 2.88. The van der Waals surface area contributed by atoms with Gasteiger partial charge in [-0.1, -0.05) is 23.4 Å². The number of rotatable bonds is 3. The normalized spacial score (nSPS) is 23.3. The number of hydrogen-bond acceptors (Lipinski definition) is 7. The molecule has 1 saturated carbocycles. The molecule has 1 atom stereocenters. The number of aromatic nitrogens is 3. The third-order valence-electron chi connectivity index (χ3n) is 5.71. The lowest BCUT2D eigenvalue weighted by atomic mass is 9.74. The largest absolute Gasteiger partial charge is 0.382 e. The molecular formula is C18H21ClF2N6S. The van der Waals surface area contributed by atoms with Crippen LogP contribution in [0.5, 0.6) is 0 Å². The van der Waals surface area contributed by atoms with Gasteiger partial charge in [-0.15, -0.1) is 0 Å². The van der Waals surface area contributed by atoms with Crippen molar-refractivity contribution in [3.63, 3.8) is 0 Å². The molecule has 1 saturated heterocycles. The highest BCUT2D eigenvalue weighted by Crippen LogP contribution is 2.52. The monoisotopic (exact) mass is 426 g/mol. The number of halogens is 3. The Morgan fingerprint density at radius 1 is 1.18 bits per heavy atom. The summed E-state index contributed by atoms with van der Waals surface area (Å²) >= 11 is 7.51. The SMILES string of the molecule is Nc1nccc(Sc2cnc(N3CCC4(CC3)CC(F)(F)C[C@H]4N)cn2)c1Cl. The highest BCUT2D eigenvalue weighted by molar-refractivity contribution is 7.99. The molecule has 0 amide bonds. The van der Waals surface area contributed by atoms with Gasteiger partial charge in [-0.05, 0) is 24.3 Å². The zero-order valence-electron chi connectivity index (χ0n) is 15.1. The second kappa shape index (κ2) is 7.27. The van der Waals surface area contributed by atoms with Crippen LogP contribution in [0.3, 0.4) is 0 Å². The third-order valence-corrected chi connectivity index (χ3v) is 7.20. The molecule has 4 rings (SSSR count). The number of nitrogens with zero attached hydrogens (tertiary/aromatic N) is 4. The highest BCUT2D eigenvalue weighted by atomic mass is 35.5. The van der Waals surface area contributed by atoms with Gasteiger partial charge in [0.2, 0.25) is 5.92 Å². The molecule has 2 aromatic heterocycles. The van der Waals surface area contributed by atoms with E-state index in [2.05, 4.69) is 19.9 Å². The van der Waals surface area contributed by atoms with Crippen molar-refractivity contribution in [2.24, 2.45) is 11.1 Å². The van der Waals surface area contributed by atoms with Gasteiger partial charge in [-0.25, -0.2) is 23.7 Å². The summed E-state index contributed by atoms with van der Waals surface area (Å²) in [4.78, 5) is 15.7. The molecule has 0 aromatic carbocycles. The summed E-state index contributed by atoms with van der Waals surface area (Å²) in [5.41, 5.74) is 11.3. The van der Waals surface area contributed by atoms with E-state index in [0.717, 1.165) is 10.7 Å². The predicted octanol–water partition coefficient (Wildman–Crippen LogP) is 3.60. The van der Waals surface area contributed by atoms with E-state index >= 15 is 0 Å². The molecular weight excluding hydrogens is 406 g/mol. The summed E-state index contributed by atoms with van der Waals surface area (Å²) in [5.74, 6) is -1.63. The zero-order chi connectivity index (χ0) is 19.9. The van der Waals surface area contributed by atoms with Crippen LogP contribution in [0.15, 0.2) is 34.6 Å². The van der Waals surface area contributed by atoms with E-state index < -0.39 is 17.4 Å². The standard InChI is InChI=1S/C18H21ClF2N6S/c19-15-11(1-4-24-16(15)23)28-14-9-25-13(8-26-14)27-5-2-17(3-6-27)10-18(20,21)7-12(17)22/h1,4,8-9,12H,2-3,5-7,10,22H2,(H2,23,24)/t12-/m1/s1. The Morgan fingerprint density at radius 3 is 2.54 bits per heavy atom. The number of hydrogen-bond donors (Lipinski definition) is 2. The number of piperidine rings is 1. The maximum atomic E-state index is 13.8. The average molecular weight is 427 g/mol. The molecule has 6 nitrogen and oxygen atoms in total. The minimum Gasteiger partial charge on any atom is -0.382 e. The fourth-order valence-electron chi connectivity index (χ4n) is 4.14. The van der Waals surface area contributed by atoms with Crippen molar-refractivity contribution in [3.05, 3.63) is 29.7 Å². The highest BCUT2D eigenvalue weighted by Gasteiger charge is 2.55. The lowest BCUT2D eigenvalue weighted by molar-refractivity contribution is -0.00684. The first kappa shape index (κ1) is 19.6. The van der Waals surface area contributed by atoms with E-state index in [1.807, 2.05) is 0 Å². The van der Waals surface area contributed by atoms with Gasteiger partial charge in [0.15, 0.2) is 0 Å². The summed E-state index contributed by atoms with van der Waals surface area (Å²) in [7, 11) is 0. The number of nitrogen functional groups attached to an aromatic ring is 1. The van der Waals surface area contributed by atoms with Crippen LogP contribution in [-0.2, 0) is 0 Å². The fourth-order valence-corrected chi connectivity index (χ4v) is 5.13. The van der Waals surface area contributed by atoms with Crippen LogP contribution in [0.2, 0.25) is 5.02 Å². The molecule has 10 heteroatoms. The Kier molecular flexibility index (Phi) is 5.09. The Morgan fingerprint density at radius 2 is 1.93 bits per heavy atom. The third kappa shape index (κ3) is 3.75. The first-order valence-corrected chi connectivity index (χ1v) is 10.3. The Labute approximate surface area is 171 Å². The van der Waals surface area contributed by atoms with Crippen molar-refractivity contribution in [3.8, 4) is 0 Å². The molecule has 28 heavy (non-hydrogen) atoms. The van der Waals surface area contributed by atoms with E-state index in [0.29, 0.717) is 36.0 Å². The minimum atomic E-state index is -2.64. The van der Waals surface area contributed by atoms with E-state index in [9.17, 15) is 8.78 Å². The van der Waals surface area contributed by atoms with Crippen LogP contribution in [0.4, 0.5) is 20.4 Å². The lowest BCUT2D eigenvalue weighted by Crippen LogP contribution is -2.47.